The molecule has 0 atom stereocenters. The number of hydrogen-bond acceptors (Lipinski definition) is 3. The Bertz CT molecular complexity index is 929. The maximum Gasteiger partial charge on any atom is 0.338 e. The Morgan fingerprint density at radius 2 is 1.54 bits per heavy atom. The van der Waals surface area contributed by atoms with Gasteiger partial charge >= 0.3 is 5.97 Å². The molecule has 0 saturated carbocycles. The number of fused-ring (bicyclic) bond motifs is 1. The number of aryl methyl sites for hydroxylation is 1. The second-order valence-corrected chi connectivity index (χ2v) is 8.33. The molecule has 0 bridgehead atoms. The first kappa shape index (κ1) is 18.1. The third-order valence-corrected chi connectivity index (χ3v) is 5.41. The van der Waals surface area contributed by atoms with Gasteiger partial charge in [-0.05, 0) is 59.3 Å². The zero-order valence-electron chi connectivity index (χ0n) is 16.0. The summed E-state index contributed by atoms with van der Waals surface area (Å²) < 4.78 is 0. The van der Waals surface area contributed by atoms with Gasteiger partial charge in [0.15, 0.2) is 0 Å². The first-order chi connectivity index (χ1) is 12.1. The van der Waals surface area contributed by atoms with Crippen LogP contribution in [-0.2, 0) is 10.8 Å². The van der Waals surface area contributed by atoms with Crippen molar-refractivity contribution in [3.05, 3.63) is 58.2 Å². The van der Waals surface area contributed by atoms with Crippen molar-refractivity contribution in [3.63, 3.8) is 0 Å². The van der Waals surface area contributed by atoms with E-state index in [9.17, 15) is 4.79 Å². The van der Waals surface area contributed by atoms with E-state index in [1.54, 1.807) is 0 Å². The molecule has 0 spiro atoms. The molecule has 2 aromatic rings. The largest absolute Gasteiger partial charge is 0.478 e. The monoisotopic (exact) mass is 348 g/mol. The molecule has 26 heavy (non-hydrogen) atoms. The maximum atomic E-state index is 10.9. The lowest BCUT2D eigenvalue weighted by molar-refractivity contribution is 0.0696. The number of carbonyl (C=O) groups is 1. The van der Waals surface area contributed by atoms with Gasteiger partial charge in [0, 0.05) is 18.0 Å². The van der Waals surface area contributed by atoms with Crippen LogP contribution in [0.3, 0.4) is 0 Å². The van der Waals surface area contributed by atoms with Crippen LogP contribution in [0.1, 0.15) is 79.0 Å². The zero-order valence-corrected chi connectivity index (χ0v) is 16.0. The fourth-order valence-electron chi connectivity index (χ4n) is 3.48. The number of benzene rings is 1. The normalized spacial score (nSPS) is 17.0. The number of carboxylic acid groups (broad SMARTS) is 1. The van der Waals surface area contributed by atoms with Gasteiger partial charge in [0.25, 0.3) is 0 Å². The van der Waals surface area contributed by atoms with Crippen molar-refractivity contribution >= 4 is 5.97 Å². The Labute approximate surface area is 154 Å². The molecule has 0 unspecified atom stereocenters. The lowest BCUT2D eigenvalue weighted by Gasteiger charge is -2.42. The van der Waals surface area contributed by atoms with Crippen molar-refractivity contribution in [2.75, 3.05) is 0 Å². The van der Waals surface area contributed by atoms with Crippen LogP contribution in [0.2, 0.25) is 0 Å². The number of nitrogens with zero attached hydrogens (tertiary/aromatic N) is 2. The summed E-state index contributed by atoms with van der Waals surface area (Å²) in [5.74, 6) is 5.41. The first-order valence-corrected chi connectivity index (χ1v) is 8.83. The van der Waals surface area contributed by atoms with Gasteiger partial charge in [-0.15, -0.1) is 0 Å². The molecule has 4 nitrogen and oxygen atoms in total. The van der Waals surface area contributed by atoms with Gasteiger partial charge in [-0.2, -0.15) is 0 Å². The van der Waals surface area contributed by atoms with Gasteiger partial charge in [0.1, 0.15) is 0 Å². The minimum Gasteiger partial charge on any atom is -0.478 e. The Morgan fingerprint density at radius 3 is 2.08 bits per heavy atom. The van der Waals surface area contributed by atoms with Crippen molar-refractivity contribution < 1.29 is 9.90 Å². The topological polar surface area (TPSA) is 63.1 Å². The minimum atomic E-state index is -1.04. The van der Waals surface area contributed by atoms with Crippen LogP contribution in [0.5, 0.6) is 0 Å². The third-order valence-electron chi connectivity index (χ3n) is 5.41. The van der Waals surface area contributed by atoms with Crippen LogP contribution in [0.4, 0.5) is 0 Å². The van der Waals surface area contributed by atoms with E-state index in [0.29, 0.717) is 5.82 Å². The van der Waals surface area contributed by atoms with E-state index in [-0.39, 0.29) is 16.4 Å². The molecule has 0 radical (unpaired) electrons. The Kier molecular flexibility index (Phi) is 4.36. The number of aromatic carboxylic acids is 1. The molecule has 4 heteroatoms. The standard InChI is InChI=1S/C22H24N2O2/c1-14-10-17-18(22(4,5)9-8-21(17,2)3)11-15(14)6-7-19-23-12-16(13-24-19)20(25)26/h10-13H,8-9H2,1-5H3,(H,25,26). The van der Waals surface area contributed by atoms with Crippen LogP contribution in [0.15, 0.2) is 24.5 Å². The molecule has 1 aliphatic rings. The molecular formula is C22H24N2O2. The SMILES string of the molecule is Cc1cc2c(cc1C#Cc1ncc(C(=O)O)cn1)C(C)(C)CCC2(C)C. The molecule has 0 amide bonds. The Balaban J connectivity index is 2.02. The fourth-order valence-corrected chi connectivity index (χ4v) is 3.48. The molecule has 0 fully saturated rings. The molecule has 3 rings (SSSR count). The molecule has 1 aromatic carbocycles. The fraction of sp³-hybridized carbons (Fsp3) is 0.409. The highest BCUT2D eigenvalue weighted by molar-refractivity contribution is 5.86. The van der Waals surface area contributed by atoms with Crippen LogP contribution >= 0.6 is 0 Å². The average Bonchev–Trinajstić information content (AvgIpc) is 2.58. The lowest BCUT2D eigenvalue weighted by Crippen LogP contribution is -2.34. The quantitative estimate of drug-likeness (QED) is 0.783. The van der Waals surface area contributed by atoms with Gasteiger partial charge in [-0.3, -0.25) is 0 Å². The highest BCUT2D eigenvalue weighted by atomic mass is 16.4. The van der Waals surface area contributed by atoms with Crippen molar-refractivity contribution in [2.24, 2.45) is 0 Å². The summed E-state index contributed by atoms with van der Waals surface area (Å²) in [4.78, 5) is 18.9. The third kappa shape index (κ3) is 3.35. The summed E-state index contributed by atoms with van der Waals surface area (Å²) in [6, 6.07) is 4.48. The first-order valence-electron chi connectivity index (χ1n) is 8.83. The van der Waals surface area contributed by atoms with Crippen molar-refractivity contribution in [3.8, 4) is 11.8 Å². The van der Waals surface area contributed by atoms with Gasteiger partial charge < -0.3 is 5.11 Å². The van der Waals surface area contributed by atoms with E-state index in [2.05, 4.69) is 68.6 Å². The molecule has 1 N–H and O–H groups in total. The lowest BCUT2D eigenvalue weighted by atomic mass is 9.62. The highest BCUT2D eigenvalue weighted by Gasteiger charge is 2.37. The summed E-state index contributed by atoms with van der Waals surface area (Å²) in [5, 5.41) is 8.91. The van der Waals surface area contributed by atoms with E-state index >= 15 is 0 Å². The smallest absolute Gasteiger partial charge is 0.338 e. The maximum absolute atomic E-state index is 10.9. The molecule has 1 aliphatic carbocycles. The van der Waals surface area contributed by atoms with E-state index in [4.69, 9.17) is 5.11 Å². The number of aromatic nitrogens is 2. The molecule has 134 valence electrons. The zero-order chi connectivity index (χ0) is 19.1. The van der Waals surface area contributed by atoms with Gasteiger partial charge in [0.2, 0.25) is 5.82 Å². The Morgan fingerprint density at radius 1 is 1.00 bits per heavy atom. The second kappa shape index (κ2) is 6.25. The summed E-state index contributed by atoms with van der Waals surface area (Å²) in [7, 11) is 0. The van der Waals surface area contributed by atoms with Gasteiger partial charge in [-0.25, -0.2) is 14.8 Å². The van der Waals surface area contributed by atoms with Crippen LogP contribution in [0.25, 0.3) is 0 Å². The van der Waals surface area contributed by atoms with Crippen LogP contribution in [-0.4, -0.2) is 21.0 Å². The average molecular weight is 348 g/mol. The highest BCUT2D eigenvalue weighted by Crippen LogP contribution is 2.46. The number of rotatable bonds is 1. The Hall–Kier alpha value is -2.67. The predicted molar refractivity (Wildman–Crippen MR) is 101 cm³/mol. The van der Waals surface area contributed by atoms with Crippen molar-refractivity contribution in [2.45, 2.75) is 58.3 Å². The van der Waals surface area contributed by atoms with E-state index < -0.39 is 5.97 Å². The van der Waals surface area contributed by atoms with E-state index in [1.165, 1.54) is 29.9 Å². The summed E-state index contributed by atoms with van der Waals surface area (Å²) >= 11 is 0. The minimum absolute atomic E-state index is 0.0597. The summed E-state index contributed by atoms with van der Waals surface area (Å²) in [5.41, 5.74) is 5.27. The van der Waals surface area contributed by atoms with E-state index in [1.807, 2.05) is 0 Å². The summed E-state index contributed by atoms with van der Waals surface area (Å²) in [6.45, 7) is 11.3. The van der Waals surface area contributed by atoms with Crippen molar-refractivity contribution in [1.29, 1.82) is 0 Å². The molecule has 1 aromatic heterocycles. The van der Waals surface area contributed by atoms with E-state index in [0.717, 1.165) is 17.5 Å². The van der Waals surface area contributed by atoms with Gasteiger partial charge in [-0.1, -0.05) is 39.7 Å². The summed E-state index contributed by atoms with van der Waals surface area (Å²) in [6.07, 6.45) is 4.90. The van der Waals surface area contributed by atoms with Crippen molar-refractivity contribution in [1.82, 2.24) is 9.97 Å². The predicted octanol–water partition coefficient (Wildman–Crippen LogP) is 4.23. The van der Waals surface area contributed by atoms with Gasteiger partial charge in [0.05, 0.1) is 5.56 Å². The van der Waals surface area contributed by atoms with Crippen LogP contribution < -0.4 is 0 Å². The molecular weight excluding hydrogens is 324 g/mol. The molecule has 1 heterocycles. The number of carboxylic acids is 1. The molecule has 0 aliphatic heterocycles. The van der Waals surface area contributed by atoms with Crippen LogP contribution in [0, 0.1) is 18.8 Å². The molecule has 0 saturated heterocycles. The number of hydrogen-bond donors (Lipinski definition) is 1. The second-order valence-electron chi connectivity index (χ2n) is 8.33.